The third-order valence-corrected chi connectivity index (χ3v) is 3.88. The molecule has 1 nitrogen and oxygen atoms in total. The molecule has 0 atom stereocenters. The Morgan fingerprint density at radius 2 is 1.95 bits per heavy atom. The molecule has 0 aliphatic heterocycles. The zero-order chi connectivity index (χ0) is 14.0. The molecule has 2 aromatic rings. The molecule has 0 aliphatic rings. The third kappa shape index (κ3) is 3.48. The summed E-state index contributed by atoms with van der Waals surface area (Å²) in [5, 5.41) is 3.61. The van der Waals surface area contributed by atoms with E-state index in [1.54, 1.807) is 0 Å². The van der Waals surface area contributed by atoms with Crippen molar-refractivity contribution in [3.8, 4) is 0 Å². The second-order valence-corrected chi connectivity index (χ2v) is 5.79. The molecule has 0 saturated heterocycles. The largest absolute Gasteiger partial charge is 0.379 e. The maximum atomic E-state index is 13.1. The fourth-order valence-electron chi connectivity index (χ4n) is 1.94. The van der Waals surface area contributed by atoms with E-state index in [-0.39, 0.29) is 5.82 Å². The normalized spacial score (nSPS) is 10.6. The predicted molar refractivity (Wildman–Crippen MR) is 82.4 cm³/mol. The Labute approximate surface area is 125 Å². The van der Waals surface area contributed by atoms with Crippen LogP contribution in [0.2, 0.25) is 5.02 Å². The minimum Gasteiger partial charge on any atom is -0.379 e. The molecule has 0 heterocycles. The van der Waals surface area contributed by atoms with E-state index in [0.717, 1.165) is 0 Å². The number of anilines is 1. The van der Waals surface area contributed by atoms with E-state index < -0.39 is 0 Å². The lowest BCUT2D eigenvalue weighted by Gasteiger charge is -2.13. The van der Waals surface area contributed by atoms with Gasteiger partial charge in [0.15, 0.2) is 0 Å². The third-order valence-electron chi connectivity index (χ3n) is 2.96. The number of halogens is 3. The maximum absolute atomic E-state index is 13.1. The van der Waals surface area contributed by atoms with E-state index >= 15 is 0 Å². The lowest BCUT2D eigenvalue weighted by Crippen LogP contribution is -2.03. The van der Waals surface area contributed by atoms with Gasteiger partial charge in [0.2, 0.25) is 0 Å². The minimum atomic E-state index is -0.353. The second-order valence-electron chi connectivity index (χ2n) is 4.53. The molecule has 2 aromatic carbocycles. The van der Waals surface area contributed by atoms with Crippen molar-refractivity contribution in [1.29, 1.82) is 0 Å². The molecule has 0 fully saturated rings. The Kier molecular flexibility index (Phi) is 4.48. The van der Waals surface area contributed by atoms with Crippen molar-refractivity contribution in [3.63, 3.8) is 0 Å². The van der Waals surface area contributed by atoms with Crippen LogP contribution in [0.3, 0.4) is 0 Å². The summed E-state index contributed by atoms with van der Waals surface area (Å²) in [5.74, 6) is -0.353. The van der Waals surface area contributed by atoms with Crippen molar-refractivity contribution in [3.05, 3.63) is 62.3 Å². The Bertz CT molecular complexity index is 590. The van der Waals surface area contributed by atoms with Gasteiger partial charge in [0.25, 0.3) is 0 Å². The van der Waals surface area contributed by atoms with Crippen molar-refractivity contribution >= 4 is 33.2 Å². The van der Waals surface area contributed by atoms with E-state index in [1.165, 1.54) is 28.8 Å². The highest BCUT2D eigenvalue weighted by Gasteiger charge is 2.08. The minimum absolute atomic E-state index is 0.353. The Balaban J connectivity index is 2.19. The molecular formula is C15H14BrClFN. The lowest BCUT2D eigenvalue weighted by atomic mass is 10.1. The lowest BCUT2D eigenvalue weighted by molar-refractivity contribution is 0.627. The van der Waals surface area contributed by atoms with E-state index in [2.05, 4.69) is 53.3 Å². The van der Waals surface area contributed by atoms with Gasteiger partial charge in [0.05, 0.1) is 10.7 Å². The molecule has 19 heavy (non-hydrogen) atoms. The van der Waals surface area contributed by atoms with Gasteiger partial charge in [0, 0.05) is 11.0 Å². The predicted octanol–water partition coefficient (Wildman–Crippen LogP) is 5.47. The highest BCUT2D eigenvalue weighted by Crippen LogP contribution is 2.32. The molecule has 0 saturated carbocycles. The summed E-state index contributed by atoms with van der Waals surface area (Å²) >= 11 is 9.35. The average molecular weight is 343 g/mol. The molecule has 1 N–H and O–H groups in total. The van der Waals surface area contributed by atoms with Crippen molar-refractivity contribution in [2.75, 3.05) is 5.32 Å². The van der Waals surface area contributed by atoms with Gasteiger partial charge >= 0.3 is 0 Å². The number of rotatable bonds is 3. The van der Waals surface area contributed by atoms with E-state index in [4.69, 9.17) is 11.6 Å². The highest BCUT2D eigenvalue weighted by atomic mass is 79.9. The van der Waals surface area contributed by atoms with Crippen LogP contribution in [0.1, 0.15) is 16.7 Å². The molecule has 4 heteroatoms. The van der Waals surface area contributed by atoms with Crippen LogP contribution in [0.5, 0.6) is 0 Å². The molecule has 0 aliphatic carbocycles. The molecule has 0 aromatic heterocycles. The van der Waals surface area contributed by atoms with Gasteiger partial charge in [-0.1, -0.05) is 35.4 Å². The average Bonchev–Trinajstić information content (AvgIpc) is 2.30. The number of nitrogens with one attached hydrogen (secondary N) is 1. The van der Waals surface area contributed by atoms with Crippen molar-refractivity contribution in [1.82, 2.24) is 0 Å². The maximum Gasteiger partial charge on any atom is 0.125 e. The van der Waals surface area contributed by atoms with Gasteiger partial charge in [-0.3, -0.25) is 0 Å². The summed E-state index contributed by atoms with van der Waals surface area (Å²) in [6.45, 7) is 4.79. The first-order valence-corrected chi connectivity index (χ1v) is 7.09. The zero-order valence-corrected chi connectivity index (χ0v) is 13.1. The zero-order valence-electron chi connectivity index (χ0n) is 10.7. The quantitative estimate of drug-likeness (QED) is 0.780. The molecule has 0 radical (unpaired) electrons. The molecule has 100 valence electrons. The first-order valence-electron chi connectivity index (χ1n) is 5.92. The topological polar surface area (TPSA) is 12.0 Å². The number of hydrogen-bond donors (Lipinski definition) is 1. The summed E-state index contributed by atoms with van der Waals surface area (Å²) in [5.41, 5.74) is 4.37. The van der Waals surface area contributed by atoms with Gasteiger partial charge in [0.1, 0.15) is 5.82 Å². The standard InChI is InChI=1S/C15H14BrClFN/c1-9-3-4-11(10(2)5-9)8-19-15-13(16)6-12(18)7-14(15)17/h3-7,19H,8H2,1-2H3. The summed E-state index contributed by atoms with van der Waals surface area (Å²) < 4.78 is 13.8. The first-order chi connectivity index (χ1) is 8.97. The van der Waals surface area contributed by atoms with Crippen LogP contribution < -0.4 is 5.32 Å². The van der Waals surface area contributed by atoms with Gasteiger partial charge in [-0.25, -0.2) is 4.39 Å². The van der Waals surface area contributed by atoms with Crippen LogP contribution in [0, 0.1) is 19.7 Å². The van der Waals surface area contributed by atoms with Crippen molar-refractivity contribution < 1.29 is 4.39 Å². The fourth-order valence-corrected chi connectivity index (χ4v) is 2.90. The van der Waals surface area contributed by atoms with E-state index in [9.17, 15) is 4.39 Å². The highest BCUT2D eigenvalue weighted by molar-refractivity contribution is 9.10. The van der Waals surface area contributed by atoms with E-state index in [0.29, 0.717) is 21.7 Å². The van der Waals surface area contributed by atoms with Gasteiger partial charge in [-0.15, -0.1) is 0 Å². The summed E-state index contributed by atoms with van der Waals surface area (Å²) in [6, 6.07) is 9.00. The smallest absolute Gasteiger partial charge is 0.125 e. The summed E-state index contributed by atoms with van der Waals surface area (Å²) in [7, 11) is 0. The first kappa shape index (κ1) is 14.4. The molecule has 0 bridgehead atoms. The van der Waals surface area contributed by atoms with Crippen LogP contribution >= 0.6 is 27.5 Å². The van der Waals surface area contributed by atoms with Gasteiger partial charge in [-0.2, -0.15) is 0 Å². The Morgan fingerprint density at radius 1 is 1.21 bits per heavy atom. The van der Waals surface area contributed by atoms with Gasteiger partial charge in [-0.05, 0) is 53.0 Å². The molecule has 0 unspecified atom stereocenters. The van der Waals surface area contributed by atoms with Crippen LogP contribution in [-0.2, 0) is 6.54 Å². The monoisotopic (exact) mass is 341 g/mol. The Morgan fingerprint density at radius 3 is 2.58 bits per heavy atom. The number of hydrogen-bond acceptors (Lipinski definition) is 1. The van der Waals surface area contributed by atoms with Crippen LogP contribution in [-0.4, -0.2) is 0 Å². The SMILES string of the molecule is Cc1ccc(CNc2c(Cl)cc(F)cc2Br)c(C)c1. The van der Waals surface area contributed by atoms with Crippen molar-refractivity contribution in [2.45, 2.75) is 20.4 Å². The molecule has 0 spiro atoms. The fraction of sp³-hybridized carbons (Fsp3) is 0.200. The summed E-state index contributed by atoms with van der Waals surface area (Å²) in [6.07, 6.45) is 0. The second kappa shape index (κ2) is 5.93. The van der Waals surface area contributed by atoms with Crippen LogP contribution in [0.25, 0.3) is 0 Å². The van der Waals surface area contributed by atoms with E-state index in [1.807, 2.05) is 0 Å². The molecule has 0 amide bonds. The van der Waals surface area contributed by atoms with Crippen molar-refractivity contribution in [2.24, 2.45) is 0 Å². The Hall–Kier alpha value is -1.06. The van der Waals surface area contributed by atoms with Crippen LogP contribution in [0.4, 0.5) is 10.1 Å². The van der Waals surface area contributed by atoms with Gasteiger partial charge < -0.3 is 5.32 Å². The summed E-state index contributed by atoms with van der Waals surface area (Å²) in [4.78, 5) is 0. The van der Waals surface area contributed by atoms with Crippen LogP contribution in [0.15, 0.2) is 34.8 Å². The molecular weight excluding hydrogens is 329 g/mol. The molecule has 2 rings (SSSR count). The number of benzene rings is 2. The number of aryl methyl sites for hydroxylation is 2.